The van der Waals surface area contributed by atoms with Crippen molar-refractivity contribution in [3.63, 3.8) is 0 Å². The van der Waals surface area contributed by atoms with Gasteiger partial charge in [0.05, 0.1) is 12.2 Å². The molecule has 1 aromatic carbocycles. The Kier molecular flexibility index (Phi) is 12.3. The summed E-state index contributed by atoms with van der Waals surface area (Å²) in [6.45, 7) is 15.9. The van der Waals surface area contributed by atoms with E-state index in [0.29, 0.717) is 24.3 Å². The van der Waals surface area contributed by atoms with Crippen LogP contribution in [0.3, 0.4) is 0 Å². The van der Waals surface area contributed by atoms with E-state index in [1.165, 1.54) is 5.56 Å². The van der Waals surface area contributed by atoms with Crippen LogP contribution in [0.1, 0.15) is 52.5 Å². The van der Waals surface area contributed by atoms with Gasteiger partial charge >= 0.3 is 0 Å². The molecule has 0 spiro atoms. The maximum atomic E-state index is 5.83. The summed E-state index contributed by atoms with van der Waals surface area (Å²) in [6.07, 6.45) is 4.07. The largest absolute Gasteiger partial charge is 0.373 e. The van der Waals surface area contributed by atoms with Gasteiger partial charge in [-0.05, 0) is 52.5 Å². The normalized spacial score (nSPS) is 27.6. The number of aliphatic imine (C=N–C) groups is 1. The summed E-state index contributed by atoms with van der Waals surface area (Å²) in [4.78, 5) is 9.98. The Morgan fingerprint density at radius 2 is 1.84 bits per heavy atom. The Balaban J connectivity index is 0.00000363. The lowest BCUT2D eigenvalue weighted by Crippen LogP contribution is -2.51. The van der Waals surface area contributed by atoms with Crippen molar-refractivity contribution < 1.29 is 4.74 Å². The number of guanidine groups is 1. The second-order valence-electron chi connectivity index (χ2n) is 9.30. The van der Waals surface area contributed by atoms with Gasteiger partial charge in [0.2, 0.25) is 0 Å². The fourth-order valence-corrected chi connectivity index (χ4v) is 4.87. The molecule has 0 bridgehead atoms. The van der Waals surface area contributed by atoms with Gasteiger partial charge < -0.3 is 15.4 Å². The number of nitrogens with one attached hydrogen (secondary N) is 2. The summed E-state index contributed by atoms with van der Waals surface area (Å²) in [5.41, 5.74) is 1.40. The lowest BCUT2D eigenvalue weighted by Gasteiger charge is -2.38. The Bertz CT molecular complexity index is 664. The zero-order chi connectivity index (χ0) is 22.1. The van der Waals surface area contributed by atoms with Crippen LogP contribution in [0, 0.1) is 0 Å². The number of likely N-dealkylation sites (tertiary alicyclic amines) is 1. The van der Waals surface area contributed by atoms with Gasteiger partial charge in [-0.3, -0.25) is 14.8 Å². The molecule has 182 valence electrons. The standard InChI is InChI=1S/C25H43N5O.HI/c1-5-26-25(27-13-9-14-29-17-21(3)31-22(4)18-29)28-24-12-15-30(20(2)16-24)19-23-10-7-6-8-11-23;/h6-8,10-11,20-22,24H,5,9,12-19H2,1-4H3,(H2,26,27,28);1H. The number of benzene rings is 1. The number of hydrogen-bond acceptors (Lipinski definition) is 4. The number of halogens is 1. The van der Waals surface area contributed by atoms with E-state index in [1.807, 2.05) is 0 Å². The second kappa shape index (κ2) is 14.4. The highest BCUT2D eigenvalue weighted by atomic mass is 127. The molecule has 3 rings (SSSR count). The van der Waals surface area contributed by atoms with Crippen molar-refractivity contribution in [3.05, 3.63) is 35.9 Å². The molecule has 32 heavy (non-hydrogen) atoms. The van der Waals surface area contributed by atoms with Gasteiger partial charge in [-0.15, -0.1) is 24.0 Å². The highest BCUT2D eigenvalue weighted by Crippen LogP contribution is 2.20. The summed E-state index contributed by atoms with van der Waals surface area (Å²) in [7, 11) is 0. The average Bonchev–Trinajstić information content (AvgIpc) is 2.73. The van der Waals surface area contributed by atoms with Gasteiger partial charge in [-0.1, -0.05) is 30.3 Å². The Morgan fingerprint density at radius 3 is 2.50 bits per heavy atom. The summed E-state index contributed by atoms with van der Waals surface area (Å²) < 4.78 is 5.83. The molecule has 0 aliphatic carbocycles. The van der Waals surface area contributed by atoms with Crippen molar-refractivity contribution in [1.82, 2.24) is 20.4 Å². The number of ether oxygens (including phenoxy) is 1. The Hall–Kier alpha value is -0.900. The molecule has 0 radical (unpaired) electrons. The van der Waals surface area contributed by atoms with Gasteiger partial charge in [0, 0.05) is 57.9 Å². The Morgan fingerprint density at radius 1 is 1.12 bits per heavy atom. The maximum absolute atomic E-state index is 5.83. The van der Waals surface area contributed by atoms with Crippen LogP contribution in [0.25, 0.3) is 0 Å². The zero-order valence-electron chi connectivity index (χ0n) is 20.4. The van der Waals surface area contributed by atoms with Crippen LogP contribution in [0.4, 0.5) is 0 Å². The van der Waals surface area contributed by atoms with Gasteiger partial charge in [-0.2, -0.15) is 0 Å². The first-order valence-corrected chi connectivity index (χ1v) is 12.2. The smallest absolute Gasteiger partial charge is 0.191 e. The second-order valence-corrected chi connectivity index (χ2v) is 9.30. The Labute approximate surface area is 212 Å². The number of piperidine rings is 1. The van der Waals surface area contributed by atoms with E-state index in [1.54, 1.807) is 0 Å². The average molecular weight is 558 g/mol. The molecular weight excluding hydrogens is 513 g/mol. The molecule has 2 saturated heterocycles. The SMILES string of the molecule is CCNC(=NCCCN1CC(C)OC(C)C1)NC1CCN(Cc2ccccc2)C(C)C1.I. The van der Waals surface area contributed by atoms with E-state index in [0.717, 1.165) is 71.0 Å². The first-order chi connectivity index (χ1) is 15.0. The van der Waals surface area contributed by atoms with Crippen LogP contribution in [0.15, 0.2) is 35.3 Å². The van der Waals surface area contributed by atoms with E-state index in [4.69, 9.17) is 9.73 Å². The van der Waals surface area contributed by atoms with E-state index >= 15 is 0 Å². The summed E-state index contributed by atoms with van der Waals surface area (Å²) in [5.74, 6) is 0.972. The highest BCUT2D eigenvalue weighted by Gasteiger charge is 2.26. The predicted octanol–water partition coefficient (Wildman–Crippen LogP) is 3.71. The van der Waals surface area contributed by atoms with E-state index < -0.39 is 0 Å². The molecule has 0 aromatic heterocycles. The molecule has 4 unspecified atom stereocenters. The minimum atomic E-state index is 0. The number of hydrogen-bond donors (Lipinski definition) is 2. The lowest BCUT2D eigenvalue weighted by molar-refractivity contribution is -0.0679. The van der Waals surface area contributed by atoms with Crippen molar-refractivity contribution >= 4 is 29.9 Å². The van der Waals surface area contributed by atoms with Gasteiger partial charge in [0.1, 0.15) is 0 Å². The molecule has 2 N–H and O–H groups in total. The summed E-state index contributed by atoms with van der Waals surface area (Å²) in [6, 6.07) is 11.9. The first-order valence-electron chi connectivity index (χ1n) is 12.2. The minimum absolute atomic E-state index is 0. The van der Waals surface area contributed by atoms with Crippen LogP contribution in [-0.4, -0.2) is 79.3 Å². The monoisotopic (exact) mass is 557 g/mol. The lowest BCUT2D eigenvalue weighted by atomic mass is 9.97. The third-order valence-corrected chi connectivity index (χ3v) is 6.32. The highest BCUT2D eigenvalue weighted by molar-refractivity contribution is 14.0. The molecule has 2 fully saturated rings. The third kappa shape index (κ3) is 9.15. The molecule has 2 aliphatic rings. The molecule has 2 heterocycles. The zero-order valence-corrected chi connectivity index (χ0v) is 22.8. The molecule has 4 atom stereocenters. The fourth-order valence-electron chi connectivity index (χ4n) is 4.87. The van der Waals surface area contributed by atoms with E-state index in [-0.39, 0.29) is 24.0 Å². The topological polar surface area (TPSA) is 52.1 Å². The summed E-state index contributed by atoms with van der Waals surface area (Å²) in [5, 5.41) is 7.14. The fraction of sp³-hybridized carbons (Fsp3) is 0.720. The molecule has 7 heteroatoms. The van der Waals surface area contributed by atoms with Crippen molar-refractivity contribution in [1.29, 1.82) is 0 Å². The van der Waals surface area contributed by atoms with Crippen molar-refractivity contribution in [2.45, 2.75) is 77.8 Å². The minimum Gasteiger partial charge on any atom is -0.373 e. The van der Waals surface area contributed by atoms with Gasteiger partial charge in [0.15, 0.2) is 5.96 Å². The molecule has 1 aromatic rings. The maximum Gasteiger partial charge on any atom is 0.191 e. The van der Waals surface area contributed by atoms with E-state index in [9.17, 15) is 0 Å². The molecular formula is C25H44IN5O. The van der Waals surface area contributed by atoms with Crippen molar-refractivity contribution in [3.8, 4) is 0 Å². The van der Waals surface area contributed by atoms with Gasteiger partial charge in [-0.25, -0.2) is 0 Å². The molecule has 0 saturated carbocycles. The number of rotatable bonds is 8. The number of morpholine rings is 1. The molecule has 6 nitrogen and oxygen atoms in total. The quantitative estimate of drug-likeness (QED) is 0.221. The molecule has 2 aliphatic heterocycles. The van der Waals surface area contributed by atoms with Crippen LogP contribution < -0.4 is 10.6 Å². The van der Waals surface area contributed by atoms with E-state index in [2.05, 4.69) is 78.5 Å². The predicted molar refractivity (Wildman–Crippen MR) is 145 cm³/mol. The van der Waals surface area contributed by atoms with Crippen LogP contribution in [0.2, 0.25) is 0 Å². The van der Waals surface area contributed by atoms with Crippen LogP contribution in [0.5, 0.6) is 0 Å². The van der Waals surface area contributed by atoms with Gasteiger partial charge in [0.25, 0.3) is 0 Å². The molecule has 0 amide bonds. The van der Waals surface area contributed by atoms with Crippen LogP contribution >= 0.6 is 24.0 Å². The first kappa shape index (κ1) is 27.3. The summed E-state index contributed by atoms with van der Waals surface area (Å²) >= 11 is 0. The third-order valence-electron chi connectivity index (χ3n) is 6.32. The van der Waals surface area contributed by atoms with Crippen LogP contribution in [-0.2, 0) is 11.3 Å². The number of nitrogens with zero attached hydrogens (tertiary/aromatic N) is 3. The van der Waals surface area contributed by atoms with Crippen molar-refractivity contribution in [2.24, 2.45) is 4.99 Å². The van der Waals surface area contributed by atoms with Crippen molar-refractivity contribution in [2.75, 3.05) is 39.3 Å².